The van der Waals surface area contributed by atoms with Crippen molar-refractivity contribution in [2.75, 3.05) is 6.61 Å². The van der Waals surface area contributed by atoms with Gasteiger partial charge < -0.3 is 14.8 Å². The lowest BCUT2D eigenvalue weighted by Gasteiger charge is -2.11. The van der Waals surface area contributed by atoms with Gasteiger partial charge in [0.25, 0.3) is 0 Å². The third-order valence-electron chi connectivity index (χ3n) is 2.05. The van der Waals surface area contributed by atoms with E-state index in [2.05, 4.69) is 28.2 Å². The molecule has 1 heterocycles. The van der Waals surface area contributed by atoms with E-state index >= 15 is 0 Å². The van der Waals surface area contributed by atoms with Gasteiger partial charge in [-0.15, -0.1) is 0 Å². The smallest absolute Gasteiger partial charge is 0.169 e. The quantitative estimate of drug-likeness (QED) is 0.826. The Morgan fingerprint density at radius 2 is 2.36 bits per heavy atom. The number of aliphatic hydroxyl groups is 1. The summed E-state index contributed by atoms with van der Waals surface area (Å²) in [7, 11) is 0. The molecule has 0 bridgehead atoms. The first-order valence-electron chi connectivity index (χ1n) is 4.81. The minimum absolute atomic E-state index is 0.262. The molecule has 0 spiro atoms. The maximum Gasteiger partial charge on any atom is 0.169 e. The van der Waals surface area contributed by atoms with E-state index in [0.717, 1.165) is 29.8 Å². The molecule has 80 valence electrons. The van der Waals surface area contributed by atoms with E-state index in [-0.39, 0.29) is 6.61 Å². The predicted molar refractivity (Wildman–Crippen MR) is 59.0 cm³/mol. The van der Waals surface area contributed by atoms with Crippen molar-refractivity contribution >= 4 is 15.9 Å². The molecule has 0 aliphatic carbocycles. The first kappa shape index (κ1) is 11.8. The Hall–Kier alpha value is -0.320. The molecule has 0 fully saturated rings. The second-order valence-corrected chi connectivity index (χ2v) is 4.14. The number of nitrogens with one attached hydrogen (secondary N) is 1. The predicted octanol–water partition coefficient (Wildman–Crippen LogP) is 2.29. The highest BCUT2D eigenvalue weighted by Gasteiger charge is 2.03. The van der Waals surface area contributed by atoms with Crippen LogP contribution >= 0.6 is 15.9 Å². The fourth-order valence-electron chi connectivity index (χ4n) is 1.22. The minimum Gasteiger partial charge on any atom is -0.453 e. The summed E-state index contributed by atoms with van der Waals surface area (Å²) < 4.78 is 6.10. The zero-order valence-electron chi connectivity index (χ0n) is 8.29. The van der Waals surface area contributed by atoms with Gasteiger partial charge in [-0.2, -0.15) is 0 Å². The van der Waals surface area contributed by atoms with Crippen molar-refractivity contribution in [2.45, 2.75) is 32.4 Å². The summed E-state index contributed by atoms with van der Waals surface area (Å²) in [6, 6.07) is 4.23. The first-order valence-corrected chi connectivity index (χ1v) is 5.60. The van der Waals surface area contributed by atoms with Gasteiger partial charge in [-0.1, -0.05) is 0 Å². The number of hydrogen-bond donors (Lipinski definition) is 2. The first-order chi connectivity index (χ1) is 6.72. The van der Waals surface area contributed by atoms with E-state index < -0.39 is 0 Å². The molecule has 4 heteroatoms. The summed E-state index contributed by atoms with van der Waals surface area (Å²) in [4.78, 5) is 0. The molecule has 0 saturated carbocycles. The number of aliphatic hydroxyl groups excluding tert-OH is 1. The highest BCUT2D eigenvalue weighted by Crippen LogP contribution is 2.13. The minimum atomic E-state index is 0.262. The number of rotatable bonds is 6. The van der Waals surface area contributed by atoms with Gasteiger partial charge in [0.2, 0.25) is 0 Å². The Bertz CT molecular complexity index is 262. The van der Waals surface area contributed by atoms with E-state index in [1.54, 1.807) is 0 Å². The molecule has 1 unspecified atom stereocenters. The Kier molecular flexibility index (Phi) is 5.22. The normalized spacial score (nSPS) is 13.1. The summed E-state index contributed by atoms with van der Waals surface area (Å²) in [6.45, 7) is 3.10. The highest BCUT2D eigenvalue weighted by molar-refractivity contribution is 9.10. The van der Waals surface area contributed by atoms with Crippen molar-refractivity contribution in [1.29, 1.82) is 0 Å². The van der Waals surface area contributed by atoms with Crippen LogP contribution in [0, 0.1) is 0 Å². The van der Waals surface area contributed by atoms with Gasteiger partial charge in [-0.25, -0.2) is 0 Å². The molecule has 0 saturated heterocycles. The molecule has 1 rings (SSSR count). The average Bonchev–Trinajstić information content (AvgIpc) is 2.58. The summed E-state index contributed by atoms with van der Waals surface area (Å²) in [6.07, 6.45) is 1.83. The van der Waals surface area contributed by atoms with Gasteiger partial charge in [-0.05, 0) is 47.8 Å². The summed E-state index contributed by atoms with van der Waals surface area (Å²) in [5, 5.41) is 12.0. The lowest BCUT2D eigenvalue weighted by Crippen LogP contribution is -2.25. The van der Waals surface area contributed by atoms with E-state index in [4.69, 9.17) is 9.52 Å². The Morgan fingerprint density at radius 3 is 2.93 bits per heavy atom. The van der Waals surface area contributed by atoms with Crippen molar-refractivity contribution in [3.63, 3.8) is 0 Å². The fourth-order valence-corrected chi connectivity index (χ4v) is 1.56. The van der Waals surface area contributed by atoms with Crippen LogP contribution < -0.4 is 5.32 Å². The largest absolute Gasteiger partial charge is 0.453 e. The van der Waals surface area contributed by atoms with E-state index in [1.807, 2.05) is 12.1 Å². The van der Waals surface area contributed by atoms with Crippen LogP contribution in [-0.4, -0.2) is 17.8 Å². The van der Waals surface area contributed by atoms with Crippen molar-refractivity contribution in [2.24, 2.45) is 0 Å². The van der Waals surface area contributed by atoms with Gasteiger partial charge in [-0.3, -0.25) is 0 Å². The Morgan fingerprint density at radius 1 is 1.57 bits per heavy atom. The second kappa shape index (κ2) is 6.22. The third kappa shape index (κ3) is 4.26. The van der Waals surface area contributed by atoms with Crippen LogP contribution in [0.3, 0.4) is 0 Å². The molecule has 0 aliphatic rings. The van der Waals surface area contributed by atoms with Crippen molar-refractivity contribution in [3.05, 3.63) is 22.6 Å². The average molecular weight is 262 g/mol. The zero-order chi connectivity index (χ0) is 10.4. The maximum atomic E-state index is 8.65. The molecular formula is C10H16BrNO2. The standard InChI is InChI=1S/C10H16BrNO2/c1-8(3-2-6-13)12-7-9-4-5-10(11)14-9/h4-5,8,12-13H,2-3,6-7H2,1H3. The maximum absolute atomic E-state index is 8.65. The van der Waals surface area contributed by atoms with Crippen molar-refractivity contribution in [1.82, 2.24) is 5.32 Å². The molecule has 0 radical (unpaired) electrons. The SMILES string of the molecule is CC(CCCO)NCc1ccc(Br)o1. The molecule has 0 amide bonds. The summed E-state index contributed by atoms with van der Waals surface area (Å²) in [5.74, 6) is 0.924. The molecule has 2 N–H and O–H groups in total. The number of hydrogen-bond acceptors (Lipinski definition) is 3. The highest BCUT2D eigenvalue weighted by atomic mass is 79.9. The molecule has 1 aromatic heterocycles. The lowest BCUT2D eigenvalue weighted by molar-refractivity contribution is 0.275. The molecule has 0 aliphatic heterocycles. The van der Waals surface area contributed by atoms with Crippen LogP contribution in [0.15, 0.2) is 21.2 Å². The van der Waals surface area contributed by atoms with Gasteiger partial charge >= 0.3 is 0 Å². The third-order valence-corrected chi connectivity index (χ3v) is 2.48. The van der Waals surface area contributed by atoms with Crippen LogP contribution in [-0.2, 0) is 6.54 Å². The van der Waals surface area contributed by atoms with Crippen LogP contribution in [0.5, 0.6) is 0 Å². The van der Waals surface area contributed by atoms with Crippen molar-refractivity contribution in [3.8, 4) is 0 Å². The van der Waals surface area contributed by atoms with E-state index in [0.29, 0.717) is 6.04 Å². The van der Waals surface area contributed by atoms with E-state index in [9.17, 15) is 0 Å². The second-order valence-electron chi connectivity index (χ2n) is 3.35. The molecule has 3 nitrogen and oxygen atoms in total. The van der Waals surface area contributed by atoms with Gasteiger partial charge in [0, 0.05) is 12.6 Å². The molecule has 1 aromatic rings. The monoisotopic (exact) mass is 261 g/mol. The Labute approximate surface area is 92.6 Å². The van der Waals surface area contributed by atoms with Gasteiger partial charge in [0.05, 0.1) is 6.54 Å². The lowest BCUT2D eigenvalue weighted by atomic mass is 10.2. The molecule has 0 aromatic carbocycles. The molecule has 14 heavy (non-hydrogen) atoms. The van der Waals surface area contributed by atoms with Crippen LogP contribution in [0.4, 0.5) is 0 Å². The summed E-state index contributed by atoms with van der Waals surface area (Å²) >= 11 is 3.25. The molecule has 1 atom stereocenters. The zero-order valence-corrected chi connectivity index (χ0v) is 9.88. The van der Waals surface area contributed by atoms with Crippen LogP contribution in [0.1, 0.15) is 25.5 Å². The topological polar surface area (TPSA) is 45.4 Å². The van der Waals surface area contributed by atoms with Crippen LogP contribution in [0.2, 0.25) is 0 Å². The van der Waals surface area contributed by atoms with Crippen LogP contribution in [0.25, 0.3) is 0 Å². The number of halogens is 1. The summed E-state index contributed by atoms with van der Waals surface area (Å²) in [5.41, 5.74) is 0. The van der Waals surface area contributed by atoms with E-state index in [1.165, 1.54) is 0 Å². The van der Waals surface area contributed by atoms with Gasteiger partial charge in [0.15, 0.2) is 4.67 Å². The Balaban J connectivity index is 2.20. The van der Waals surface area contributed by atoms with Crippen molar-refractivity contribution < 1.29 is 9.52 Å². The molecular weight excluding hydrogens is 246 g/mol. The number of furan rings is 1. The fraction of sp³-hybridized carbons (Fsp3) is 0.600. The van der Waals surface area contributed by atoms with Gasteiger partial charge in [0.1, 0.15) is 5.76 Å².